The molecule has 5 aliphatic rings. The summed E-state index contributed by atoms with van der Waals surface area (Å²) in [7, 11) is 3.02. The van der Waals surface area contributed by atoms with E-state index in [0.29, 0.717) is 17.9 Å². The Bertz CT molecular complexity index is 1180. The molecular formula is C31H36O6. The molecule has 1 unspecified atom stereocenters. The second-order valence-electron chi connectivity index (χ2n) is 11.3. The summed E-state index contributed by atoms with van der Waals surface area (Å²) in [5, 5.41) is 0. The predicted molar refractivity (Wildman–Crippen MR) is 140 cm³/mol. The fourth-order valence-corrected chi connectivity index (χ4v) is 7.55. The van der Waals surface area contributed by atoms with E-state index in [1.807, 2.05) is 13.0 Å². The number of hydrogen-bond donors (Lipinski definition) is 0. The lowest BCUT2D eigenvalue weighted by Gasteiger charge is -2.57. The zero-order chi connectivity index (χ0) is 25.6. The van der Waals surface area contributed by atoms with Crippen molar-refractivity contribution in [2.24, 2.45) is 17.8 Å². The number of ether oxygens (including phenoxy) is 5. The van der Waals surface area contributed by atoms with Crippen molar-refractivity contribution in [2.75, 3.05) is 27.6 Å². The third-order valence-electron chi connectivity index (χ3n) is 8.96. The van der Waals surface area contributed by atoms with Crippen LogP contribution in [0, 0.1) is 17.8 Å². The molecule has 7 rings (SSSR count). The molecule has 1 atom stereocenters. The molecule has 0 aromatic heterocycles. The summed E-state index contributed by atoms with van der Waals surface area (Å²) >= 11 is 0. The molecule has 4 saturated carbocycles. The number of carbonyl (C=O) groups excluding carboxylic acids is 1. The summed E-state index contributed by atoms with van der Waals surface area (Å²) in [4.78, 5) is 11.9. The van der Waals surface area contributed by atoms with Crippen LogP contribution in [0.4, 0.5) is 0 Å². The van der Waals surface area contributed by atoms with E-state index in [9.17, 15) is 4.79 Å². The number of hydrogen-bond acceptors (Lipinski definition) is 6. The van der Waals surface area contributed by atoms with E-state index in [4.69, 9.17) is 23.7 Å². The molecule has 2 aromatic carbocycles. The summed E-state index contributed by atoms with van der Waals surface area (Å²) in [5.74, 6) is 3.77. The second-order valence-corrected chi connectivity index (χ2v) is 11.3. The number of benzene rings is 2. The van der Waals surface area contributed by atoms with E-state index >= 15 is 0 Å². The summed E-state index contributed by atoms with van der Waals surface area (Å²) < 4.78 is 28.1. The minimum Gasteiger partial charge on any atom is -0.488 e. The van der Waals surface area contributed by atoms with Crippen LogP contribution in [-0.4, -0.2) is 39.9 Å². The van der Waals surface area contributed by atoms with Crippen LogP contribution in [0.25, 0.3) is 11.6 Å². The van der Waals surface area contributed by atoms with Gasteiger partial charge in [0.2, 0.25) is 0 Å². The van der Waals surface area contributed by atoms with Gasteiger partial charge in [-0.25, -0.2) is 4.79 Å². The van der Waals surface area contributed by atoms with Crippen molar-refractivity contribution in [2.45, 2.75) is 57.2 Å². The lowest BCUT2D eigenvalue weighted by Crippen LogP contribution is -2.48. The Morgan fingerprint density at radius 1 is 1.03 bits per heavy atom. The van der Waals surface area contributed by atoms with Crippen LogP contribution in [0.5, 0.6) is 11.5 Å². The largest absolute Gasteiger partial charge is 0.488 e. The minimum absolute atomic E-state index is 0.162. The first kappa shape index (κ1) is 24.5. The molecule has 1 heterocycles. The van der Waals surface area contributed by atoms with Crippen LogP contribution in [0.2, 0.25) is 0 Å². The maximum absolute atomic E-state index is 11.9. The number of carbonyl (C=O) groups is 1. The summed E-state index contributed by atoms with van der Waals surface area (Å²) in [6.07, 6.45) is 9.80. The fraction of sp³-hybridized carbons (Fsp3) is 0.516. The predicted octanol–water partition coefficient (Wildman–Crippen LogP) is 6.22. The maximum Gasteiger partial charge on any atom is 0.337 e. The Hall–Kier alpha value is -2.83. The molecule has 6 nitrogen and oxygen atoms in total. The highest BCUT2D eigenvalue weighted by Crippen LogP contribution is 2.62. The van der Waals surface area contributed by atoms with E-state index < -0.39 is 0 Å². The Kier molecular flexibility index (Phi) is 6.49. The second kappa shape index (κ2) is 9.80. The van der Waals surface area contributed by atoms with E-state index in [2.05, 4.69) is 24.3 Å². The van der Waals surface area contributed by atoms with Crippen molar-refractivity contribution in [3.05, 3.63) is 58.7 Å². The number of fused-ring (bicyclic) bond motifs is 1. The Balaban J connectivity index is 1.34. The molecule has 2 aromatic rings. The summed E-state index contributed by atoms with van der Waals surface area (Å²) in [5.41, 5.74) is 5.25. The molecule has 0 N–H and O–H groups in total. The number of methoxy groups -OCH3 is 2. The molecular weight excluding hydrogens is 468 g/mol. The quantitative estimate of drug-likeness (QED) is 0.314. The van der Waals surface area contributed by atoms with Gasteiger partial charge in [-0.3, -0.25) is 0 Å². The zero-order valence-corrected chi connectivity index (χ0v) is 22.0. The van der Waals surface area contributed by atoms with Gasteiger partial charge in [-0.2, -0.15) is 0 Å². The molecule has 0 spiro atoms. The van der Waals surface area contributed by atoms with Crippen LogP contribution in [0.3, 0.4) is 0 Å². The average Bonchev–Trinajstić information content (AvgIpc) is 2.91. The van der Waals surface area contributed by atoms with Gasteiger partial charge in [-0.05, 0) is 110 Å². The van der Waals surface area contributed by atoms with E-state index in [1.165, 1.54) is 51.2 Å². The number of rotatable bonds is 8. The Morgan fingerprint density at radius 3 is 2.43 bits per heavy atom. The van der Waals surface area contributed by atoms with Gasteiger partial charge in [-0.1, -0.05) is 12.1 Å². The monoisotopic (exact) mass is 504 g/mol. The molecule has 1 aliphatic heterocycles. The average molecular weight is 505 g/mol. The van der Waals surface area contributed by atoms with Crippen LogP contribution < -0.4 is 9.47 Å². The van der Waals surface area contributed by atoms with Gasteiger partial charge >= 0.3 is 5.97 Å². The Morgan fingerprint density at radius 2 is 1.76 bits per heavy atom. The van der Waals surface area contributed by atoms with Crippen molar-refractivity contribution in [1.29, 1.82) is 0 Å². The molecule has 0 radical (unpaired) electrons. The van der Waals surface area contributed by atoms with Crippen LogP contribution in [0.1, 0.15) is 72.5 Å². The van der Waals surface area contributed by atoms with Crippen molar-refractivity contribution in [3.63, 3.8) is 0 Å². The molecule has 196 valence electrons. The summed E-state index contributed by atoms with van der Waals surface area (Å²) in [6, 6.07) is 12.1. The van der Waals surface area contributed by atoms with Gasteiger partial charge in [0.05, 0.1) is 12.7 Å². The topological polar surface area (TPSA) is 63.2 Å². The van der Waals surface area contributed by atoms with Gasteiger partial charge in [0.1, 0.15) is 18.1 Å². The molecule has 4 bridgehead atoms. The third-order valence-corrected chi connectivity index (χ3v) is 8.96. The lowest BCUT2D eigenvalue weighted by atomic mass is 9.48. The minimum atomic E-state index is -0.360. The molecule has 37 heavy (non-hydrogen) atoms. The van der Waals surface area contributed by atoms with Gasteiger partial charge < -0.3 is 23.7 Å². The van der Waals surface area contributed by atoms with Gasteiger partial charge in [-0.15, -0.1) is 0 Å². The smallest absolute Gasteiger partial charge is 0.337 e. The SMILES string of the molecule is COC(=O)c1ccc2c(c1)OCC(c1ccc(OCOC(C)OC)c(C34CC5CC(CC(C5)C3)C4)c1)=C2. The highest BCUT2D eigenvalue weighted by Gasteiger charge is 2.52. The maximum atomic E-state index is 11.9. The number of esters is 1. The van der Waals surface area contributed by atoms with Gasteiger partial charge in [0, 0.05) is 18.2 Å². The first-order valence-electron chi connectivity index (χ1n) is 13.4. The van der Waals surface area contributed by atoms with Crippen molar-refractivity contribution >= 4 is 17.6 Å². The normalized spacial score (nSPS) is 28.2. The lowest BCUT2D eigenvalue weighted by molar-refractivity contribution is -0.150. The van der Waals surface area contributed by atoms with Crippen molar-refractivity contribution < 1.29 is 28.5 Å². The molecule has 4 fully saturated rings. The first-order chi connectivity index (χ1) is 18.0. The molecule has 6 heteroatoms. The van der Waals surface area contributed by atoms with Crippen molar-refractivity contribution in [3.8, 4) is 11.5 Å². The zero-order valence-electron chi connectivity index (χ0n) is 22.0. The third kappa shape index (κ3) is 4.66. The van der Waals surface area contributed by atoms with Crippen molar-refractivity contribution in [1.82, 2.24) is 0 Å². The van der Waals surface area contributed by atoms with Gasteiger partial charge in [0.25, 0.3) is 0 Å². The Labute approximate surface area is 218 Å². The first-order valence-corrected chi connectivity index (χ1v) is 13.4. The summed E-state index contributed by atoms with van der Waals surface area (Å²) in [6.45, 7) is 2.48. The van der Waals surface area contributed by atoms with Crippen LogP contribution in [0.15, 0.2) is 36.4 Å². The van der Waals surface area contributed by atoms with E-state index in [-0.39, 0.29) is 24.5 Å². The van der Waals surface area contributed by atoms with Crippen LogP contribution >= 0.6 is 0 Å². The standard InChI is InChI=1S/C31H36O6/c1-19(33-2)36-18-37-28-7-6-23(12-27(28)31-14-20-8-21(15-31)10-22(9-20)16-31)26-11-24-4-5-25(30(32)34-3)13-29(24)35-17-26/h4-7,11-13,19-22H,8-10,14-18H2,1-3H3. The fourth-order valence-electron chi connectivity index (χ4n) is 7.55. The molecule has 0 amide bonds. The molecule has 0 saturated heterocycles. The van der Waals surface area contributed by atoms with E-state index in [0.717, 1.165) is 40.2 Å². The highest BCUT2D eigenvalue weighted by atomic mass is 16.7. The van der Waals surface area contributed by atoms with E-state index in [1.54, 1.807) is 19.2 Å². The van der Waals surface area contributed by atoms with Gasteiger partial charge in [0.15, 0.2) is 13.1 Å². The van der Waals surface area contributed by atoms with Crippen LogP contribution in [-0.2, 0) is 19.6 Å². The molecule has 4 aliphatic carbocycles. The highest BCUT2D eigenvalue weighted by molar-refractivity contribution is 5.92.